The zero-order chi connectivity index (χ0) is 10.2. The second-order valence-electron chi connectivity index (χ2n) is 3.94. The molecule has 0 bridgehead atoms. The van der Waals surface area contributed by atoms with Crippen LogP contribution >= 0.6 is 24.4 Å². The Hall–Kier alpha value is -0.480. The molecule has 0 aromatic rings. The van der Waals surface area contributed by atoms with Crippen LogP contribution in [0, 0.1) is 0 Å². The van der Waals surface area contributed by atoms with E-state index in [1.54, 1.807) is 0 Å². The Bertz CT molecular complexity index is 286. The van der Waals surface area contributed by atoms with Crippen LogP contribution in [-0.2, 0) is 0 Å². The van der Waals surface area contributed by atoms with Crippen LogP contribution in [0.3, 0.4) is 0 Å². The molecule has 0 atom stereocenters. The molecule has 0 aliphatic carbocycles. The number of allylic oxidation sites excluding steroid dienone is 1. The molecule has 0 aromatic carbocycles. The number of nitrogens with one attached hydrogen (secondary N) is 1. The van der Waals surface area contributed by atoms with Gasteiger partial charge in [-0.2, -0.15) is 0 Å². The molecule has 1 N–H and O–H groups in total. The van der Waals surface area contributed by atoms with Gasteiger partial charge in [-0.1, -0.05) is 18.3 Å². The van der Waals surface area contributed by atoms with E-state index in [0.29, 0.717) is 5.11 Å². The summed E-state index contributed by atoms with van der Waals surface area (Å²) in [6.07, 6.45) is 1.94. The summed E-state index contributed by atoms with van der Waals surface area (Å²) in [5.74, 6) is 0. The molecule has 13 heavy (non-hydrogen) atoms. The van der Waals surface area contributed by atoms with E-state index in [0.717, 1.165) is 10.7 Å². The first-order valence-electron chi connectivity index (χ1n) is 4.20. The lowest BCUT2D eigenvalue weighted by Gasteiger charge is -2.31. The SMILES string of the molecule is C/C=C1\NC(=S)N(C(C)(C)C)C1=S. The van der Waals surface area contributed by atoms with E-state index in [9.17, 15) is 0 Å². The maximum atomic E-state index is 5.29. The van der Waals surface area contributed by atoms with Crippen LogP contribution in [0.5, 0.6) is 0 Å². The summed E-state index contributed by atoms with van der Waals surface area (Å²) >= 11 is 10.5. The normalized spacial score (nSPS) is 21.2. The third kappa shape index (κ3) is 1.89. The fourth-order valence-electron chi connectivity index (χ4n) is 1.24. The molecule has 1 rings (SSSR count). The third-order valence-corrected chi connectivity index (χ3v) is 2.52. The molecule has 1 aliphatic rings. The lowest BCUT2D eigenvalue weighted by atomic mass is 10.1. The summed E-state index contributed by atoms with van der Waals surface area (Å²) in [6.45, 7) is 8.22. The summed E-state index contributed by atoms with van der Waals surface area (Å²) in [7, 11) is 0. The van der Waals surface area contributed by atoms with Crippen LogP contribution in [0.1, 0.15) is 27.7 Å². The fraction of sp³-hybridized carbons (Fsp3) is 0.556. The quantitative estimate of drug-likeness (QED) is 0.491. The van der Waals surface area contributed by atoms with E-state index >= 15 is 0 Å². The molecule has 0 aromatic heterocycles. The Balaban J connectivity index is 3.03. The predicted molar refractivity (Wildman–Crippen MR) is 63.7 cm³/mol. The van der Waals surface area contributed by atoms with Crippen LogP contribution in [0.25, 0.3) is 0 Å². The standard InChI is InChI=1S/C9H14N2S2/c1-5-6-7(12)11(8(13)10-6)9(2,3)4/h5H,1-4H3,(H,10,13)/b6-5-. The zero-order valence-electron chi connectivity index (χ0n) is 8.34. The Morgan fingerprint density at radius 2 is 1.85 bits per heavy atom. The third-order valence-electron chi connectivity index (χ3n) is 1.84. The Kier molecular flexibility index (Phi) is 2.73. The van der Waals surface area contributed by atoms with Crippen molar-refractivity contribution in [2.45, 2.75) is 33.2 Å². The van der Waals surface area contributed by atoms with Gasteiger partial charge in [0.05, 0.1) is 5.70 Å². The molecular weight excluding hydrogens is 200 g/mol. The molecule has 0 radical (unpaired) electrons. The molecule has 1 saturated heterocycles. The van der Waals surface area contributed by atoms with Crippen molar-refractivity contribution < 1.29 is 0 Å². The predicted octanol–water partition coefficient (Wildman–Crippen LogP) is 2.21. The number of hydrogen-bond donors (Lipinski definition) is 1. The Morgan fingerprint density at radius 1 is 1.31 bits per heavy atom. The minimum absolute atomic E-state index is 0.0497. The number of rotatable bonds is 0. The summed E-state index contributed by atoms with van der Waals surface area (Å²) < 4.78 is 0. The summed E-state index contributed by atoms with van der Waals surface area (Å²) in [4.78, 5) is 2.76. The van der Waals surface area contributed by atoms with Crippen LogP contribution in [0.4, 0.5) is 0 Å². The van der Waals surface area contributed by atoms with Crippen LogP contribution in [0.2, 0.25) is 0 Å². The van der Waals surface area contributed by atoms with Gasteiger partial charge < -0.3 is 10.2 Å². The zero-order valence-corrected chi connectivity index (χ0v) is 9.97. The molecule has 2 nitrogen and oxygen atoms in total. The van der Waals surface area contributed by atoms with Gasteiger partial charge in [-0.05, 0) is 39.9 Å². The van der Waals surface area contributed by atoms with Crippen molar-refractivity contribution in [3.05, 3.63) is 11.8 Å². The van der Waals surface area contributed by atoms with Gasteiger partial charge in [-0.25, -0.2) is 0 Å². The first-order chi connectivity index (χ1) is 5.88. The average Bonchev–Trinajstić information content (AvgIpc) is 2.24. The highest BCUT2D eigenvalue weighted by Crippen LogP contribution is 2.22. The minimum Gasteiger partial charge on any atom is -0.330 e. The molecule has 1 aliphatic heterocycles. The van der Waals surface area contributed by atoms with Crippen molar-refractivity contribution >= 4 is 34.5 Å². The van der Waals surface area contributed by atoms with Gasteiger partial charge in [-0.15, -0.1) is 0 Å². The van der Waals surface area contributed by atoms with Crippen LogP contribution < -0.4 is 5.32 Å². The van der Waals surface area contributed by atoms with E-state index in [1.807, 2.05) is 17.9 Å². The fourth-order valence-corrected chi connectivity index (χ4v) is 2.31. The van der Waals surface area contributed by atoms with E-state index in [1.165, 1.54) is 0 Å². The monoisotopic (exact) mass is 214 g/mol. The average molecular weight is 214 g/mol. The van der Waals surface area contributed by atoms with Gasteiger partial charge in [0.25, 0.3) is 0 Å². The second-order valence-corrected chi connectivity index (χ2v) is 4.72. The van der Waals surface area contributed by atoms with Crippen molar-refractivity contribution in [1.29, 1.82) is 0 Å². The number of nitrogens with zero attached hydrogens (tertiary/aromatic N) is 1. The van der Waals surface area contributed by atoms with Gasteiger partial charge >= 0.3 is 0 Å². The van der Waals surface area contributed by atoms with Crippen molar-refractivity contribution in [3.63, 3.8) is 0 Å². The number of hydrogen-bond acceptors (Lipinski definition) is 2. The minimum atomic E-state index is -0.0497. The molecule has 72 valence electrons. The maximum Gasteiger partial charge on any atom is 0.179 e. The van der Waals surface area contributed by atoms with Gasteiger partial charge in [0.1, 0.15) is 4.99 Å². The summed E-state index contributed by atoms with van der Waals surface area (Å²) in [5.41, 5.74) is 0.890. The van der Waals surface area contributed by atoms with E-state index in [4.69, 9.17) is 24.4 Å². The Morgan fingerprint density at radius 3 is 2.08 bits per heavy atom. The first kappa shape index (κ1) is 10.6. The van der Waals surface area contributed by atoms with Crippen molar-refractivity contribution in [3.8, 4) is 0 Å². The van der Waals surface area contributed by atoms with Gasteiger partial charge in [-0.3, -0.25) is 0 Å². The number of thiocarbonyl (C=S) groups is 2. The van der Waals surface area contributed by atoms with Gasteiger partial charge in [0.15, 0.2) is 5.11 Å². The highest BCUT2D eigenvalue weighted by molar-refractivity contribution is 7.82. The maximum absolute atomic E-state index is 5.29. The highest BCUT2D eigenvalue weighted by atomic mass is 32.1. The molecular formula is C9H14N2S2. The topological polar surface area (TPSA) is 15.3 Å². The molecule has 0 unspecified atom stereocenters. The van der Waals surface area contributed by atoms with Crippen LogP contribution in [0.15, 0.2) is 11.8 Å². The highest BCUT2D eigenvalue weighted by Gasteiger charge is 2.34. The molecule has 0 saturated carbocycles. The smallest absolute Gasteiger partial charge is 0.179 e. The molecule has 1 heterocycles. The van der Waals surface area contributed by atoms with Crippen molar-refractivity contribution in [2.24, 2.45) is 0 Å². The van der Waals surface area contributed by atoms with Gasteiger partial charge in [0.2, 0.25) is 0 Å². The van der Waals surface area contributed by atoms with Gasteiger partial charge in [0, 0.05) is 5.54 Å². The van der Waals surface area contributed by atoms with E-state index < -0.39 is 0 Å². The summed E-state index contributed by atoms with van der Waals surface area (Å²) in [5, 5.41) is 3.79. The summed E-state index contributed by atoms with van der Waals surface area (Å²) in [6, 6.07) is 0. The largest absolute Gasteiger partial charge is 0.330 e. The lowest BCUT2D eigenvalue weighted by molar-refractivity contribution is 0.354. The first-order valence-corrected chi connectivity index (χ1v) is 5.01. The molecule has 0 spiro atoms. The second kappa shape index (κ2) is 3.35. The molecule has 4 heteroatoms. The van der Waals surface area contributed by atoms with E-state index in [-0.39, 0.29) is 5.54 Å². The van der Waals surface area contributed by atoms with Crippen molar-refractivity contribution in [2.75, 3.05) is 0 Å². The van der Waals surface area contributed by atoms with Crippen LogP contribution in [-0.4, -0.2) is 20.5 Å². The van der Waals surface area contributed by atoms with E-state index in [2.05, 4.69) is 26.1 Å². The molecule has 1 fully saturated rings. The van der Waals surface area contributed by atoms with Crippen molar-refractivity contribution in [1.82, 2.24) is 10.2 Å². The lowest BCUT2D eigenvalue weighted by Crippen LogP contribution is -2.45. The Labute approximate surface area is 90.0 Å². The molecule has 0 amide bonds.